The average Bonchev–Trinajstić information content (AvgIpc) is 2.89. The van der Waals surface area contributed by atoms with Crippen LogP contribution in [0.4, 0.5) is 10.5 Å². The minimum Gasteiger partial charge on any atom is -0.351 e. The first-order chi connectivity index (χ1) is 17.4. The van der Waals surface area contributed by atoms with Crippen LogP contribution in [0, 0.1) is 11.8 Å². The van der Waals surface area contributed by atoms with Crippen LogP contribution in [0.15, 0.2) is 48.5 Å². The maximum Gasteiger partial charge on any atom is 0.314 e. The molecular weight excluding hydrogens is 495 g/mol. The highest BCUT2D eigenvalue weighted by atomic mass is 35.5. The van der Waals surface area contributed by atoms with Crippen LogP contribution in [-0.2, 0) is 11.2 Å². The number of nitrogens with zero attached hydrogens (tertiary/aromatic N) is 3. The number of rotatable bonds is 8. The molecule has 194 valence electrons. The van der Waals surface area contributed by atoms with E-state index < -0.39 is 6.03 Å². The first-order valence-corrected chi connectivity index (χ1v) is 13.7. The average molecular weight is 532 g/mol. The molecule has 2 fully saturated rings. The first kappa shape index (κ1) is 26.8. The number of hydrogen-bond acceptors (Lipinski definition) is 3. The molecule has 2 aromatic rings. The smallest absolute Gasteiger partial charge is 0.314 e. The van der Waals surface area contributed by atoms with Gasteiger partial charge in [-0.05, 0) is 87.8 Å². The highest BCUT2D eigenvalue weighted by Gasteiger charge is 2.30. The number of carbonyl (C=O) groups is 2. The second-order valence-corrected chi connectivity index (χ2v) is 10.8. The number of nitrogens with two attached hydrogens (primary N) is 1. The van der Waals surface area contributed by atoms with Crippen molar-refractivity contribution in [1.29, 1.82) is 0 Å². The fourth-order valence-corrected chi connectivity index (χ4v) is 5.69. The SMILES string of the molecule is NC(=O)N1CCC(C(=O)N(CCCN2CCC(Cc3ccccc3)CC2)c2ccc(Cl)c(Cl)c2)CC1. The fraction of sp³-hybridized carbons (Fsp3) is 0.500. The lowest BCUT2D eigenvalue weighted by atomic mass is 9.90. The molecule has 2 N–H and O–H groups in total. The minimum absolute atomic E-state index is 0.0825. The summed E-state index contributed by atoms with van der Waals surface area (Å²) in [6.45, 7) is 4.81. The third-order valence-corrected chi connectivity index (χ3v) is 8.31. The maximum absolute atomic E-state index is 13.6. The van der Waals surface area contributed by atoms with Crippen LogP contribution in [0.5, 0.6) is 0 Å². The van der Waals surface area contributed by atoms with E-state index in [0.29, 0.717) is 42.5 Å². The van der Waals surface area contributed by atoms with Gasteiger partial charge in [0, 0.05) is 31.2 Å². The van der Waals surface area contributed by atoms with Crippen molar-refractivity contribution in [3.63, 3.8) is 0 Å². The Bertz CT molecular complexity index is 1020. The van der Waals surface area contributed by atoms with Gasteiger partial charge in [-0.2, -0.15) is 0 Å². The van der Waals surface area contributed by atoms with Gasteiger partial charge in [-0.1, -0.05) is 53.5 Å². The molecule has 2 aromatic carbocycles. The summed E-state index contributed by atoms with van der Waals surface area (Å²) in [5.41, 5.74) is 7.61. The molecule has 0 aromatic heterocycles. The van der Waals surface area contributed by atoms with E-state index >= 15 is 0 Å². The molecule has 2 heterocycles. The van der Waals surface area contributed by atoms with Gasteiger partial charge in [0.15, 0.2) is 0 Å². The van der Waals surface area contributed by atoms with Crippen molar-refractivity contribution in [2.75, 3.05) is 44.2 Å². The zero-order valence-electron chi connectivity index (χ0n) is 20.8. The third-order valence-electron chi connectivity index (χ3n) is 7.57. The summed E-state index contributed by atoms with van der Waals surface area (Å²) in [6.07, 6.45) is 5.70. The lowest BCUT2D eigenvalue weighted by Crippen LogP contribution is -2.46. The summed E-state index contributed by atoms with van der Waals surface area (Å²) < 4.78 is 0. The number of likely N-dealkylation sites (tertiary alicyclic amines) is 2. The Labute approximate surface area is 224 Å². The largest absolute Gasteiger partial charge is 0.351 e. The Morgan fingerprint density at radius 2 is 1.61 bits per heavy atom. The highest BCUT2D eigenvalue weighted by molar-refractivity contribution is 6.42. The van der Waals surface area contributed by atoms with Crippen LogP contribution in [0.25, 0.3) is 0 Å². The summed E-state index contributed by atoms with van der Waals surface area (Å²) in [6, 6.07) is 15.7. The summed E-state index contributed by atoms with van der Waals surface area (Å²) in [4.78, 5) is 31.0. The third kappa shape index (κ3) is 7.15. The van der Waals surface area contributed by atoms with E-state index in [2.05, 4.69) is 35.2 Å². The molecule has 0 bridgehead atoms. The predicted octanol–water partition coefficient (Wildman–Crippen LogP) is 5.46. The van der Waals surface area contributed by atoms with Gasteiger partial charge < -0.3 is 20.4 Å². The second kappa shape index (κ2) is 12.8. The summed E-state index contributed by atoms with van der Waals surface area (Å²) in [5.74, 6) is 0.687. The van der Waals surface area contributed by atoms with E-state index in [1.54, 1.807) is 17.0 Å². The van der Waals surface area contributed by atoms with Gasteiger partial charge in [0.1, 0.15) is 0 Å². The quantitative estimate of drug-likeness (QED) is 0.492. The molecule has 2 aliphatic rings. The number of primary amides is 1. The Balaban J connectivity index is 1.31. The van der Waals surface area contributed by atoms with Crippen molar-refractivity contribution in [3.05, 3.63) is 64.1 Å². The summed E-state index contributed by atoms with van der Waals surface area (Å²) >= 11 is 12.4. The number of urea groups is 1. The molecule has 8 heteroatoms. The topological polar surface area (TPSA) is 69.9 Å². The van der Waals surface area contributed by atoms with Gasteiger partial charge in [0.25, 0.3) is 0 Å². The zero-order valence-corrected chi connectivity index (χ0v) is 22.3. The van der Waals surface area contributed by atoms with E-state index in [1.807, 2.05) is 11.0 Å². The Hall–Kier alpha value is -2.28. The van der Waals surface area contributed by atoms with Crippen molar-refractivity contribution in [3.8, 4) is 0 Å². The van der Waals surface area contributed by atoms with Gasteiger partial charge >= 0.3 is 6.03 Å². The highest BCUT2D eigenvalue weighted by Crippen LogP contribution is 2.30. The maximum atomic E-state index is 13.6. The zero-order chi connectivity index (χ0) is 25.5. The number of amides is 3. The molecule has 2 saturated heterocycles. The lowest BCUT2D eigenvalue weighted by Gasteiger charge is -2.35. The molecule has 36 heavy (non-hydrogen) atoms. The molecular formula is C28H36Cl2N4O2. The van der Waals surface area contributed by atoms with Gasteiger partial charge in [-0.3, -0.25) is 4.79 Å². The molecule has 0 spiro atoms. The van der Waals surface area contributed by atoms with Crippen LogP contribution in [-0.4, -0.2) is 61.0 Å². The van der Waals surface area contributed by atoms with E-state index in [0.717, 1.165) is 44.1 Å². The lowest BCUT2D eigenvalue weighted by molar-refractivity contribution is -0.123. The first-order valence-electron chi connectivity index (χ1n) is 13.0. The molecule has 0 aliphatic carbocycles. The van der Waals surface area contributed by atoms with E-state index in [-0.39, 0.29) is 11.8 Å². The number of carbonyl (C=O) groups excluding carboxylic acids is 2. The Kier molecular flexibility index (Phi) is 9.52. The second-order valence-electron chi connectivity index (χ2n) is 10.0. The molecule has 4 rings (SSSR count). The van der Waals surface area contributed by atoms with Crippen LogP contribution in [0.3, 0.4) is 0 Å². The number of piperidine rings is 2. The molecule has 0 radical (unpaired) electrons. The standard InChI is InChI=1S/C28H36Cl2N4O2/c29-25-8-7-24(20-26(25)30)34(27(35)23-11-17-33(18-12-23)28(31)36)14-4-13-32-15-9-22(10-16-32)19-21-5-2-1-3-6-21/h1-3,5-8,20,22-23H,4,9-19H2,(H2,31,36). The van der Waals surface area contributed by atoms with Crippen LogP contribution >= 0.6 is 23.2 Å². The number of benzene rings is 2. The fourth-order valence-electron chi connectivity index (χ4n) is 5.40. The summed E-state index contributed by atoms with van der Waals surface area (Å²) in [7, 11) is 0. The van der Waals surface area contributed by atoms with Crippen molar-refractivity contribution in [1.82, 2.24) is 9.80 Å². The number of hydrogen-bond donors (Lipinski definition) is 1. The molecule has 2 aliphatic heterocycles. The van der Waals surface area contributed by atoms with Gasteiger partial charge in [-0.25, -0.2) is 4.79 Å². The predicted molar refractivity (Wildman–Crippen MR) is 147 cm³/mol. The monoisotopic (exact) mass is 530 g/mol. The normalized spacial score (nSPS) is 17.8. The van der Waals surface area contributed by atoms with E-state index in [1.165, 1.54) is 18.4 Å². The van der Waals surface area contributed by atoms with E-state index in [4.69, 9.17) is 28.9 Å². The van der Waals surface area contributed by atoms with Crippen LogP contribution in [0.1, 0.15) is 37.7 Å². The Morgan fingerprint density at radius 1 is 0.917 bits per heavy atom. The molecule has 0 atom stereocenters. The molecule has 6 nitrogen and oxygen atoms in total. The van der Waals surface area contributed by atoms with Crippen molar-refractivity contribution >= 4 is 40.8 Å². The van der Waals surface area contributed by atoms with Crippen LogP contribution < -0.4 is 10.6 Å². The van der Waals surface area contributed by atoms with Gasteiger partial charge in [0.2, 0.25) is 5.91 Å². The van der Waals surface area contributed by atoms with Gasteiger partial charge in [-0.15, -0.1) is 0 Å². The number of anilines is 1. The van der Waals surface area contributed by atoms with Crippen molar-refractivity contribution < 1.29 is 9.59 Å². The van der Waals surface area contributed by atoms with Crippen molar-refractivity contribution in [2.24, 2.45) is 17.6 Å². The number of halogens is 2. The van der Waals surface area contributed by atoms with Crippen LogP contribution in [0.2, 0.25) is 10.0 Å². The minimum atomic E-state index is -0.422. The molecule has 0 unspecified atom stereocenters. The molecule has 0 saturated carbocycles. The van der Waals surface area contributed by atoms with E-state index in [9.17, 15) is 9.59 Å². The van der Waals surface area contributed by atoms with Gasteiger partial charge in [0.05, 0.1) is 10.0 Å². The summed E-state index contributed by atoms with van der Waals surface area (Å²) in [5, 5.41) is 0.914. The molecule has 3 amide bonds. The van der Waals surface area contributed by atoms with Crippen molar-refractivity contribution in [2.45, 2.75) is 38.5 Å². The Morgan fingerprint density at radius 3 is 2.25 bits per heavy atom.